The van der Waals surface area contributed by atoms with Crippen LogP contribution in [0.5, 0.6) is 0 Å². The normalized spacial score (nSPS) is 11.6. The van der Waals surface area contributed by atoms with Crippen molar-refractivity contribution in [3.8, 4) is 0 Å². The molecule has 0 fully saturated rings. The number of hydrogen-bond donors (Lipinski definition) is 2. The van der Waals surface area contributed by atoms with Crippen LogP contribution in [0.25, 0.3) is 11.0 Å². The molecular weight excluding hydrogens is 348 g/mol. The lowest BCUT2D eigenvalue weighted by Gasteiger charge is -2.18. The average molecular weight is 366 g/mol. The van der Waals surface area contributed by atoms with Gasteiger partial charge in [0.2, 0.25) is 5.91 Å². The zero-order valence-corrected chi connectivity index (χ0v) is 14.6. The average Bonchev–Trinajstić information content (AvgIpc) is 2.68. The first kappa shape index (κ1) is 18.2. The monoisotopic (exact) mass is 366 g/mol. The Morgan fingerprint density at radius 2 is 1.85 bits per heavy atom. The summed E-state index contributed by atoms with van der Waals surface area (Å²) < 4.78 is 9.69. The Bertz CT molecular complexity index is 1010. The molecular formula is C20H18N2O5. The fourth-order valence-electron chi connectivity index (χ4n) is 2.64. The van der Waals surface area contributed by atoms with Crippen molar-refractivity contribution in [3.05, 3.63) is 76.6 Å². The van der Waals surface area contributed by atoms with Crippen LogP contribution >= 0.6 is 0 Å². The Labute approximate surface area is 154 Å². The molecule has 1 aromatic heterocycles. The first-order valence-electron chi connectivity index (χ1n) is 8.28. The van der Waals surface area contributed by atoms with Crippen LogP contribution in [0.3, 0.4) is 0 Å². The highest BCUT2D eigenvalue weighted by Gasteiger charge is 2.22. The third-order valence-corrected chi connectivity index (χ3v) is 3.96. The lowest BCUT2D eigenvalue weighted by atomic mass is 10.1. The smallest absolute Gasteiger partial charge is 0.407 e. The highest BCUT2D eigenvalue weighted by atomic mass is 16.5. The Morgan fingerprint density at radius 3 is 2.59 bits per heavy atom. The maximum absolute atomic E-state index is 12.7. The summed E-state index contributed by atoms with van der Waals surface area (Å²) in [4.78, 5) is 35.6. The number of fused-ring (bicyclic) bond motifs is 1. The summed E-state index contributed by atoms with van der Waals surface area (Å²) in [6.07, 6.45) is -0.379. The zero-order valence-electron chi connectivity index (χ0n) is 14.6. The molecule has 138 valence electrons. The first-order valence-corrected chi connectivity index (χ1v) is 8.28. The minimum atomic E-state index is -0.816. The lowest BCUT2D eigenvalue weighted by molar-refractivity contribution is -0.118. The minimum absolute atomic E-state index is 0.310. The minimum Gasteiger partial charge on any atom is -0.453 e. The Kier molecular flexibility index (Phi) is 5.51. The van der Waals surface area contributed by atoms with Crippen molar-refractivity contribution in [2.45, 2.75) is 12.5 Å². The van der Waals surface area contributed by atoms with Gasteiger partial charge in [-0.1, -0.05) is 30.3 Å². The number of carbonyl (C=O) groups excluding carboxylic acids is 2. The predicted molar refractivity (Wildman–Crippen MR) is 101 cm³/mol. The standard InChI is InChI=1S/C20H18N2O5/c1-26-20(25)22-16(11-13-5-3-2-4-6-13)19(24)21-15-8-9-17-14(12-15)7-10-18(23)27-17/h2-10,12,16H,11H2,1H3,(H,21,24)(H,22,25). The summed E-state index contributed by atoms with van der Waals surface area (Å²) in [6, 6.07) is 16.4. The molecule has 7 heteroatoms. The quantitative estimate of drug-likeness (QED) is 0.677. The van der Waals surface area contributed by atoms with Crippen molar-refractivity contribution in [1.82, 2.24) is 5.32 Å². The number of nitrogens with one attached hydrogen (secondary N) is 2. The van der Waals surface area contributed by atoms with Gasteiger partial charge >= 0.3 is 11.7 Å². The van der Waals surface area contributed by atoms with Crippen LogP contribution in [0, 0.1) is 0 Å². The first-order chi connectivity index (χ1) is 13.0. The third-order valence-electron chi connectivity index (χ3n) is 3.96. The van der Waals surface area contributed by atoms with E-state index in [1.807, 2.05) is 30.3 Å². The van der Waals surface area contributed by atoms with E-state index in [1.54, 1.807) is 24.3 Å². The molecule has 7 nitrogen and oxygen atoms in total. The molecule has 0 spiro atoms. The molecule has 3 aromatic rings. The number of methoxy groups -OCH3 is 1. The van der Waals surface area contributed by atoms with E-state index in [2.05, 4.69) is 15.4 Å². The zero-order chi connectivity index (χ0) is 19.2. The van der Waals surface area contributed by atoms with Crippen LogP contribution in [0.4, 0.5) is 10.5 Å². The fraction of sp³-hybridized carbons (Fsp3) is 0.150. The van der Waals surface area contributed by atoms with E-state index >= 15 is 0 Å². The van der Waals surface area contributed by atoms with Gasteiger partial charge in [-0.15, -0.1) is 0 Å². The number of amides is 2. The molecule has 2 N–H and O–H groups in total. The molecule has 1 heterocycles. The maximum Gasteiger partial charge on any atom is 0.407 e. The maximum atomic E-state index is 12.7. The van der Waals surface area contributed by atoms with Crippen molar-refractivity contribution in [1.29, 1.82) is 0 Å². The van der Waals surface area contributed by atoms with Crippen LogP contribution in [-0.2, 0) is 16.0 Å². The van der Waals surface area contributed by atoms with Gasteiger partial charge in [-0.25, -0.2) is 9.59 Å². The summed E-state index contributed by atoms with van der Waals surface area (Å²) in [5.41, 5.74) is 1.40. The number of rotatable bonds is 5. The fourth-order valence-corrected chi connectivity index (χ4v) is 2.64. The molecule has 0 saturated carbocycles. The van der Waals surface area contributed by atoms with E-state index in [1.165, 1.54) is 13.2 Å². The van der Waals surface area contributed by atoms with Gasteiger partial charge in [-0.2, -0.15) is 0 Å². The summed E-state index contributed by atoms with van der Waals surface area (Å²) in [5.74, 6) is -0.388. The van der Waals surface area contributed by atoms with Gasteiger partial charge in [0, 0.05) is 23.6 Å². The van der Waals surface area contributed by atoms with Crippen molar-refractivity contribution in [2.75, 3.05) is 12.4 Å². The SMILES string of the molecule is COC(=O)NC(Cc1ccccc1)C(=O)Nc1ccc2oc(=O)ccc2c1. The van der Waals surface area contributed by atoms with Crippen molar-refractivity contribution in [2.24, 2.45) is 0 Å². The highest BCUT2D eigenvalue weighted by molar-refractivity contribution is 5.98. The van der Waals surface area contributed by atoms with Crippen LogP contribution in [-0.4, -0.2) is 25.2 Å². The topological polar surface area (TPSA) is 97.6 Å². The number of hydrogen-bond acceptors (Lipinski definition) is 5. The van der Waals surface area contributed by atoms with Gasteiger partial charge in [0.1, 0.15) is 11.6 Å². The van der Waals surface area contributed by atoms with E-state index < -0.39 is 17.8 Å². The van der Waals surface area contributed by atoms with Gasteiger partial charge in [-0.05, 0) is 29.8 Å². The molecule has 2 amide bonds. The van der Waals surface area contributed by atoms with Crippen molar-refractivity contribution in [3.63, 3.8) is 0 Å². The van der Waals surface area contributed by atoms with E-state index in [9.17, 15) is 14.4 Å². The number of anilines is 1. The second kappa shape index (κ2) is 8.18. The second-order valence-electron chi connectivity index (χ2n) is 5.87. The van der Waals surface area contributed by atoms with Gasteiger partial charge < -0.3 is 19.8 Å². The van der Waals surface area contributed by atoms with Gasteiger partial charge in [0.05, 0.1) is 7.11 Å². The summed E-state index contributed by atoms with van der Waals surface area (Å²) >= 11 is 0. The van der Waals surface area contributed by atoms with E-state index in [-0.39, 0.29) is 5.91 Å². The number of carbonyl (C=O) groups is 2. The van der Waals surface area contributed by atoms with E-state index in [4.69, 9.17) is 4.42 Å². The van der Waals surface area contributed by atoms with Gasteiger partial charge in [0.15, 0.2) is 0 Å². The van der Waals surface area contributed by atoms with E-state index in [0.29, 0.717) is 23.1 Å². The molecule has 2 aromatic carbocycles. The molecule has 0 aliphatic heterocycles. The van der Waals surface area contributed by atoms with Gasteiger partial charge in [0.25, 0.3) is 0 Å². The molecule has 27 heavy (non-hydrogen) atoms. The highest BCUT2D eigenvalue weighted by Crippen LogP contribution is 2.18. The Morgan fingerprint density at radius 1 is 1.07 bits per heavy atom. The van der Waals surface area contributed by atoms with Crippen LogP contribution in [0.2, 0.25) is 0 Å². The Hall–Kier alpha value is -3.61. The second-order valence-corrected chi connectivity index (χ2v) is 5.87. The van der Waals surface area contributed by atoms with Crippen molar-refractivity contribution < 1.29 is 18.7 Å². The van der Waals surface area contributed by atoms with Crippen LogP contribution in [0.1, 0.15) is 5.56 Å². The summed E-state index contributed by atoms with van der Waals surface area (Å²) in [5, 5.41) is 5.99. The number of ether oxygens (including phenoxy) is 1. The van der Waals surface area contributed by atoms with E-state index in [0.717, 1.165) is 5.56 Å². The van der Waals surface area contributed by atoms with Crippen LogP contribution in [0.15, 0.2) is 69.9 Å². The lowest BCUT2D eigenvalue weighted by Crippen LogP contribution is -2.45. The predicted octanol–water partition coefficient (Wildman–Crippen LogP) is 2.70. The number of alkyl carbamates (subject to hydrolysis) is 1. The molecule has 0 bridgehead atoms. The number of benzene rings is 2. The molecule has 1 unspecified atom stereocenters. The Balaban J connectivity index is 1.79. The van der Waals surface area contributed by atoms with Crippen molar-refractivity contribution >= 4 is 28.7 Å². The molecule has 1 atom stereocenters. The molecule has 3 rings (SSSR count). The van der Waals surface area contributed by atoms with Gasteiger partial charge in [-0.3, -0.25) is 4.79 Å². The summed E-state index contributed by atoms with van der Waals surface area (Å²) in [7, 11) is 1.24. The molecule has 0 saturated heterocycles. The molecule has 0 aliphatic carbocycles. The largest absolute Gasteiger partial charge is 0.453 e. The molecule has 0 radical (unpaired) electrons. The summed E-state index contributed by atoms with van der Waals surface area (Å²) in [6.45, 7) is 0. The molecule has 0 aliphatic rings. The van der Waals surface area contributed by atoms with Crippen LogP contribution < -0.4 is 16.3 Å². The third kappa shape index (κ3) is 4.72.